The molecule has 0 bridgehead atoms. The highest BCUT2D eigenvalue weighted by atomic mass is 16.4. The molecule has 0 aliphatic rings. The molecule has 0 aromatic carbocycles. The van der Waals surface area contributed by atoms with Crippen molar-refractivity contribution >= 4 is 5.97 Å². The summed E-state index contributed by atoms with van der Waals surface area (Å²) in [6.07, 6.45) is 1.75. The summed E-state index contributed by atoms with van der Waals surface area (Å²) in [4.78, 5) is 15.4. The van der Waals surface area contributed by atoms with Crippen LogP contribution < -0.4 is 0 Å². The first-order chi connectivity index (χ1) is 9.04. The summed E-state index contributed by atoms with van der Waals surface area (Å²) >= 11 is 0. The van der Waals surface area contributed by atoms with Crippen molar-refractivity contribution in [2.75, 3.05) is 45.9 Å². The minimum absolute atomic E-state index is 0.161. The molecule has 0 aliphatic heterocycles. The van der Waals surface area contributed by atoms with Crippen LogP contribution in [0.5, 0.6) is 0 Å². The van der Waals surface area contributed by atoms with Gasteiger partial charge in [0.1, 0.15) is 0 Å². The summed E-state index contributed by atoms with van der Waals surface area (Å²) in [6.45, 7) is 11.6. The van der Waals surface area contributed by atoms with Gasteiger partial charge in [-0.05, 0) is 39.0 Å². The standard InChI is InChI=1S/C14H30N2O3/c1-4-15(5-2)8-6-9-16(10-7-11-17)12-13(3)14(18)19/h13,17H,4-12H2,1-3H3,(H,18,19). The van der Waals surface area contributed by atoms with Gasteiger partial charge >= 0.3 is 5.97 Å². The number of aliphatic carboxylic acids is 1. The molecule has 0 heterocycles. The molecule has 0 saturated carbocycles. The van der Waals surface area contributed by atoms with Crippen LogP contribution in [0.4, 0.5) is 0 Å². The van der Waals surface area contributed by atoms with Crippen LogP contribution in [0.15, 0.2) is 0 Å². The smallest absolute Gasteiger partial charge is 0.307 e. The van der Waals surface area contributed by atoms with Gasteiger partial charge in [-0.3, -0.25) is 4.79 Å². The Kier molecular flexibility index (Phi) is 10.8. The second-order valence-corrected chi connectivity index (χ2v) is 5.00. The van der Waals surface area contributed by atoms with E-state index in [4.69, 9.17) is 10.2 Å². The summed E-state index contributed by atoms with van der Waals surface area (Å²) in [5.74, 6) is -1.11. The normalized spacial score (nSPS) is 13.2. The molecule has 19 heavy (non-hydrogen) atoms. The van der Waals surface area contributed by atoms with Crippen molar-refractivity contribution in [3.8, 4) is 0 Å². The maximum absolute atomic E-state index is 10.9. The summed E-state index contributed by atoms with van der Waals surface area (Å²) < 4.78 is 0. The quantitative estimate of drug-likeness (QED) is 0.558. The number of rotatable bonds is 12. The van der Waals surface area contributed by atoms with Crippen molar-refractivity contribution in [1.29, 1.82) is 0 Å². The Balaban J connectivity index is 4.08. The molecule has 114 valence electrons. The lowest BCUT2D eigenvalue weighted by molar-refractivity contribution is -0.141. The lowest BCUT2D eigenvalue weighted by Gasteiger charge is -2.25. The van der Waals surface area contributed by atoms with Crippen molar-refractivity contribution < 1.29 is 15.0 Å². The summed E-state index contributed by atoms with van der Waals surface area (Å²) in [7, 11) is 0. The molecule has 0 aliphatic carbocycles. The second kappa shape index (κ2) is 11.2. The van der Waals surface area contributed by atoms with Crippen LogP contribution in [0.1, 0.15) is 33.6 Å². The van der Waals surface area contributed by atoms with Crippen LogP contribution in [0, 0.1) is 5.92 Å². The van der Waals surface area contributed by atoms with E-state index in [9.17, 15) is 4.79 Å². The lowest BCUT2D eigenvalue weighted by Crippen LogP contribution is -2.35. The number of aliphatic hydroxyl groups excluding tert-OH is 1. The second-order valence-electron chi connectivity index (χ2n) is 5.00. The predicted molar refractivity (Wildman–Crippen MR) is 77.3 cm³/mol. The monoisotopic (exact) mass is 274 g/mol. The molecule has 0 aromatic heterocycles. The number of hydrogen-bond acceptors (Lipinski definition) is 4. The van der Waals surface area contributed by atoms with E-state index in [1.807, 2.05) is 0 Å². The van der Waals surface area contributed by atoms with Crippen LogP contribution in [0.3, 0.4) is 0 Å². The first-order valence-corrected chi connectivity index (χ1v) is 7.33. The Morgan fingerprint density at radius 1 is 1.05 bits per heavy atom. The number of carbonyl (C=O) groups is 1. The number of aliphatic hydroxyl groups is 1. The van der Waals surface area contributed by atoms with Gasteiger partial charge in [-0.1, -0.05) is 20.8 Å². The van der Waals surface area contributed by atoms with Crippen LogP contribution in [0.2, 0.25) is 0 Å². The largest absolute Gasteiger partial charge is 0.481 e. The Morgan fingerprint density at radius 3 is 2.05 bits per heavy atom. The first-order valence-electron chi connectivity index (χ1n) is 7.33. The fourth-order valence-electron chi connectivity index (χ4n) is 2.11. The predicted octanol–water partition coefficient (Wildman–Crippen LogP) is 1.12. The third-order valence-corrected chi connectivity index (χ3v) is 3.43. The van der Waals surface area contributed by atoms with Crippen LogP contribution in [0.25, 0.3) is 0 Å². The topological polar surface area (TPSA) is 64.0 Å². The zero-order chi connectivity index (χ0) is 14.7. The van der Waals surface area contributed by atoms with E-state index in [1.165, 1.54) is 0 Å². The molecule has 0 radical (unpaired) electrons. The summed E-state index contributed by atoms with van der Waals surface area (Å²) in [6, 6.07) is 0. The average Bonchev–Trinajstić information content (AvgIpc) is 2.40. The molecule has 5 nitrogen and oxygen atoms in total. The van der Waals surface area contributed by atoms with Crippen LogP contribution >= 0.6 is 0 Å². The number of hydrogen-bond donors (Lipinski definition) is 2. The molecule has 1 unspecified atom stereocenters. The van der Waals surface area contributed by atoms with Gasteiger partial charge in [0.25, 0.3) is 0 Å². The maximum atomic E-state index is 10.9. The number of carboxylic acids is 1. The molecule has 0 saturated heterocycles. The first kappa shape index (κ1) is 18.4. The summed E-state index contributed by atoms with van der Waals surface area (Å²) in [5, 5.41) is 17.9. The highest BCUT2D eigenvalue weighted by Crippen LogP contribution is 2.03. The maximum Gasteiger partial charge on any atom is 0.307 e. The molecule has 0 amide bonds. The van der Waals surface area contributed by atoms with Crippen molar-refractivity contribution in [2.24, 2.45) is 5.92 Å². The summed E-state index contributed by atoms with van der Waals surface area (Å²) in [5.41, 5.74) is 0. The average molecular weight is 274 g/mol. The Hall–Kier alpha value is -0.650. The van der Waals surface area contributed by atoms with Gasteiger partial charge in [-0.2, -0.15) is 0 Å². The third-order valence-electron chi connectivity index (χ3n) is 3.43. The van der Waals surface area contributed by atoms with E-state index in [2.05, 4.69) is 23.6 Å². The molecule has 0 fully saturated rings. The van der Waals surface area contributed by atoms with Crippen LogP contribution in [-0.2, 0) is 4.79 Å². The van der Waals surface area contributed by atoms with E-state index in [1.54, 1.807) is 6.92 Å². The molecule has 1 atom stereocenters. The van der Waals surface area contributed by atoms with Gasteiger partial charge in [0, 0.05) is 19.7 Å². The zero-order valence-electron chi connectivity index (χ0n) is 12.6. The van der Waals surface area contributed by atoms with E-state index < -0.39 is 5.97 Å². The van der Waals surface area contributed by atoms with Crippen molar-refractivity contribution in [3.05, 3.63) is 0 Å². The van der Waals surface area contributed by atoms with E-state index in [0.717, 1.165) is 39.1 Å². The minimum atomic E-state index is -0.752. The Labute approximate surface area is 117 Å². The zero-order valence-corrected chi connectivity index (χ0v) is 12.6. The van der Waals surface area contributed by atoms with Gasteiger partial charge < -0.3 is 20.0 Å². The van der Waals surface area contributed by atoms with E-state index in [0.29, 0.717) is 13.0 Å². The van der Waals surface area contributed by atoms with Gasteiger partial charge in [0.15, 0.2) is 0 Å². The van der Waals surface area contributed by atoms with E-state index in [-0.39, 0.29) is 12.5 Å². The molecule has 2 N–H and O–H groups in total. The number of nitrogens with zero attached hydrogens (tertiary/aromatic N) is 2. The van der Waals surface area contributed by atoms with Gasteiger partial charge in [-0.15, -0.1) is 0 Å². The highest BCUT2D eigenvalue weighted by Gasteiger charge is 2.15. The van der Waals surface area contributed by atoms with Crippen molar-refractivity contribution in [3.63, 3.8) is 0 Å². The molecule has 0 rings (SSSR count). The van der Waals surface area contributed by atoms with Crippen molar-refractivity contribution in [1.82, 2.24) is 9.80 Å². The fourth-order valence-corrected chi connectivity index (χ4v) is 2.11. The molecule has 5 heteroatoms. The molecule has 0 spiro atoms. The number of carboxylic acid groups (broad SMARTS) is 1. The molecule has 0 aromatic rings. The molecular weight excluding hydrogens is 244 g/mol. The molecular formula is C14H30N2O3. The minimum Gasteiger partial charge on any atom is -0.481 e. The third kappa shape index (κ3) is 8.97. The van der Waals surface area contributed by atoms with Gasteiger partial charge in [0.2, 0.25) is 0 Å². The lowest BCUT2D eigenvalue weighted by atomic mass is 10.1. The van der Waals surface area contributed by atoms with Gasteiger partial charge in [0.05, 0.1) is 5.92 Å². The SMILES string of the molecule is CCN(CC)CCCN(CCCO)CC(C)C(=O)O. The van der Waals surface area contributed by atoms with Crippen molar-refractivity contribution in [2.45, 2.75) is 33.6 Å². The van der Waals surface area contributed by atoms with Crippen LogP contribution in [-0.4, -0.2) is 71.9 Å². The van der Waals surface area contributed by atoms with Gasteiger partial charge in [-0.25, -0.2) is 0 Å². The Bertz CT molecular complexity index is 233. The Morgan fingerprint density at radius 2 is 1.58 bits per heavy atom. The highest BCUT2D eigenvalue weighted by molar-refractivity contribution is 5.69. The van der Waals surface area contributed by atoms with E-state index >= 15 is 0 Å². The fraction of sp³-hybridized carbons (Fsp3) is 0.929.